The summed E-state index contributed by atoms with van der Waals surface area (Å²) in [5, 5.41) is 3.04. The number of thioether (sulfide) groups is 1. The van der Waals surface area contributed by atoms with E-state index < -0.39 is 17.5 Å². The number of carbonyl (C=O) groups is 3. The maximum atomic E-state index is 13.7. The standard InChI is InChI=1S/C27H40N4O4S/c1-6-11-29-12-14-30(15-13-29)19-9-7-18(8-10-19)25(33)28-24(27(2,3)4)26(34)31-16-21(36-5)23-22(31)20(32)17-35-23/h7-10,21-24H,6,11-17H2,1-5H3,(H,28,33)/t21-,22+,23+,24+/m0/s1. The SMILES string of the molecule is CCCN1CCN(c2ccc(C(=O)N[C@H](C(=O)N3C[C@H](SC)[C@H]4OCC(=O)[C@H]43)C(C)(C)C)cc2)CC1. The molecule has 0 bridgehead atoms. The van der Waals surface area contributed by atoms with Crippen molar-refractivity contribution in [2.24, 2.45) is 5.41 Å². The zero-order chi connectivity index (χ0) is 26.0. The Morgan fingerprint density at radius 3 is 2.39 bits per heavy atom. The number of rotatable bonds is 7. The molecule has 1 aromatic rings. The summed E-state index contributed by atoms with van der Waals surface area (Å²) in [6.07, 6.45) is 2.87. The molecule has 2 amide bonds. The van der Waals surface area contributed by atoms with Crippen LogP contribution in [0.25, 0.3) is 0 Å². The van der Waals surface area contributed by atoms with Gasteiger partial charge in [-0.1, -0.05) is 27.7 Å². The Morgan fingerprint density at radius 1 is 1.14 bits per heavy atom. The molecule has 3 aliphatic heterocycles. The number of piperazine rings is 1. The first kappa shape index (κ1) is 26.9. The molecule has 36 heavy (non-hydrogen) atoms. The quantitative estimate of drug-likeness (QED) is 0.595. The van der Waals surface area contributed by atoms with Crippen LogP contribution in [-0.4, -0.2) is 103 Å². The zero-order valence-electron chi connectivity index (χ0n) is 22.2. The fraction of sp³-hybridized carbons (Fsp3) is 0.667. The van der Waals surface area contributed by atoms with Crippen molar-refractivity contribution in [3.63, 3.8) is 0 Å². The Hall–Kier alpha value is -2.10. The van der Waals surface area contributed by atoms with Gasteiger partial charge in [-0.3, -0.25) is 19.3 Å². The van der Waals surface area contributed by atoms with E-state index in [1.165, 1.54) is 6.42 Å². The molecule has 0 spiro atoms. The van der Waals surface area contributed by atoms with Crippen LogP contribution in [0, 0.1) is 5.41 Å². The van der Waals surface area contributed by atoms with Gasteiger partial charge < -0.3 is 19.9 Å². The second-order valence-corrected chi connectivity index (χ2v) is 12.2. The number of benzene rings is 1. The van der Waals surface area contributed by atoms with Gasteiger partial charge >= 0.3 is 0 Å². The maximum Gasteiger partial charge on any atom is 0.251 e. The molecule has 0 aliphatic carbocycles. The fourth-order valence-corrected chi connectivity index (χ4v) is 6.25. The van der Waals surface area contributed by atoms with E-state index in [0.29, 0.717) is 12.1 Å². The van der Waals surface area contributed by atoms with Gasteiger partial charge in [0.25, 0.3) is 5.91 Å². The molecule has 0 unspecified atom stereocenters. The summed E-state index contributed by atoms with van der Waals surface area (Å²) in [4.78, 5) is 46.0. The molecule has 4 atom stereocenters. The van der Waals surface area contributed by atoms with Crippen molar-refractivity contribution < 1.29 is 19.1 Å². The Bertz CT molecular complexity index is 956. The average molecular weight is 517 g/mol. The van der Waals surface area contributed by atoms with Crippen LogP contribution in [0.1, 0.15) is 44.5 Å². The predicted molar refractivity (Wildman–Crippen MR) is 144 cm³/mol. The van der Waals surface area contributed by atoms with Gasteiger partial charge in [-0.15, -0.1) is 0 Å². The zero-order valence-corrected chi connectivity index (χ0v) is 23.0. The third-order valence-corrected chi connectivity index (χ3v) is 8.54. The molecule has 1 aromatic carbocycles. The maximum absolute atomic E-state index is 13.7. The highest BCUT2D eigenvalue weighted by atomic mass is 32.2. The van der Waals surface area contributed by atoms with E-state index in [2.05, 4.69) is 22.0 Å². The lowest BCUT2D eigenvalue weighted by atomic mass is 9.85. The third kappa shape index (κ3) is 5.58. The number of ketones is 1. The highest BCUT2D eigenvalue weighted by molar-refractivity contribution is 7.99. The molecule has 198 valence electrons. The molecule has 1 N–H and O–H groups in total. The van der Waals surface area contributed by atoms with Crippen molar-refractivity contribution in [3.8, 4) is 0 Å². The minimum absolute atomic E-state index is 0.0444. The van der Waals surface area contributed by atoms with Crippen LogP contribution < -0.4 is 10.2 Å². The van der Waals surface area contributed by atoms with Gasteiger partial charge in [0.15, 0.2) is 5.78 Å². The molecule has 3 heterocycles. The number of anilines is 1. The van der Waals surface area contributed by atoms with Crippen molar-refractivity contribution in [1.29, 1.82) is 0 Å². The molecule has 8 nitrogen and oxygen atoms in total. The number of hydrogen-bond donors (Lipinski definition) is 1. The molecule has 3 saturated heterocycles. The number of Topliss-reactive ketones (excluding diaryl/α,β-unsaturated/α-hetero) is 1. The first-order chi connectivity index (χ1) is 17.1. The van der Waals surface area contributed by atoms with E-state index >= 15 is 0 Å². The fourth-order valence-electron chi connectivity index (χ4n) is 5.45. The van der Waals surface area contributed by atoms with Crippen LogP contribution in [0.2, 0.25) is 0 Å². The minimum atomic E-state index is -0.758. The molecule has 0 radical (unpaired) electrons. The number of fused-ring (bicyclic) bond motifs is 1. The summed E-state index contributed by atoms with van der Waals surface area (Å²) < 4.78 is 5.71. The Morgan fingerprint density at radius 2 is 1.81 bits per heavy atom. The number of carbonyl (C=O) groups excluding carboxylic acids is 3. The normalized spacial score (nSPS) is 25.7. The molecule has 0 saturated carbocycles. The largest absolute Gasteiger partial charge is 0.369 e. The van der Waals surface area contributed by atoms with Gasteiger partial charge in [-0.25, -0.2) is 0 Å². The number of likely N-dealkylation sites (tertiary alicyclic amines) is 1. The molecular weight excluding hydrogens is 476 g/mol. The lowest BCUT2D eigenvalue weighted by molar-refractivity contribution is -0.140. The van der Waals surface area contributed by atoms with Crippen LogP contribution in [0.3, 0.4) is 0 Å². The van der Waals surface area contributed by atoms with E-state index in [0.717, 1.165) is 38.4 Å². The number of hydrogen-bond acceptors (Lipinski definition) is 7. The monoisotopic (exact) mass is 516 g/mol. The topological polar surface area (TPSA) is 82.2 Å². The summed E-state index contributed by atoms with van der Waals surface area (Å²) >= 11 is 1.61. The third-order valence-electron chi connectivity index (χ3n) is 7.52. The van der Waals surface area contributed by atoms with Crippen molar-refractivity contribution in [2.45, 2.75) is 57.6 Å². The highest BCUT2D eigenvalue weighted by Crippen LogP contribution is 2.35. The van der Waals surface area contributed by atoms with Crippen LogP contribution in [-0.2, 0) is 14.3 Å². The van der Waals surface area contributed by atoms with Gasteiger partial charge in [0.05, 0.1) is 11.4 Å². The van der Waals surface area contributed by atoms with Gasteiger partial charge in [-0.05, 0) is 48.9 Å². The molecule has 3 fully saturated rings. The van der Waals surface area contributed by atoms with Crippen LogP contribution >= 0.6 is 11.8 Å². The number of nitrogens with one attached hydrogen (secondary N) is 1. The summed E-state index contributed by atoms with van der Waals surface area (Å²) in [5.74, 6) is -0.563. The van der Waals surface area contributed by atoms with Crippen molar-refractivity contribution in [1.82, 2.24) is 15.1 Å². The Labute approximate surface area is 219 Å². The van der Waals surface area contributed by atoms with Crippen molar-refractivity contribution >= 4 is 35.0 Å². The smallest absolute Gasteiger partial charge is 0.251 e. The second kappa shape index (κ2) is 11.1. The molecule has 3 aliphatic rings. The van der Waals surface area contributed by atoms with E-state index in [1.807, 2.05) is 51.3 Å². The van der Waals surface area contributed by atoms with Crippen molar-refractivity contribution in [3.05, 3.63) is 29.8 Å². The number of amides is 2. The lowest BCUT2D eigenvalue weighted by Gasteiger charge is -2.36. The van der Waals surface area contributed by atoms with Gasteiger partial charge in [0, 0.05) is 44.0 Å². The first-order valence-corrected chi connectivity index (χ1v) is 14.3. The van der Waals surface area contributed by atoms with E-state index in [-0.39, 0.29) is 35.6 Å². The van der Waals surface area contributed by atoms with Crippen LogP contribution in [0.5, 0.6) is 0 Å². The number of ether oxygens (including phenoxy) is 1. The Balaban J connectivity index is 1.44. The predicted octanol–water partition coefficient (Wildman–Crippen LogP) is 2.27. The Kier molecular flexibility index (Phi) is 8.32. The van der Waals surface area contributed by atoms with Gasteiger partial charge in [0.2, 0.25) is 5.91 Å². The second-order valence-electron chi connectivity index (χ2n) is 11.1. The van der Waals surface area contributed by atoms with Crippen LogP contribution in [0.4, 0.5) is 5.69 Å². The van der Waals surface area contributed by atoms with E-state index in [1.54, 1.807) is 16.7 Å². The van der Waals surface area contributed by atoms with Crippen LogP contribution in [0.15, 0.2) is 24.3 Å². The summed E-state index contributed by atoms with van der Waals surface area (Å²) in [6.45, 7) is 13.7. The van der Waals surface area contributed by atoms with E-state index in [9.17, 15) is 14.4 Å². The van der Waals surface area contributed by atoms with Gasteiger partial charge in [-0.2, -0.15) is 11.8 Å². The molecule has 9 heteroatoms. The van der Waals surface area contributed by atoms with Gasteiger partial charge in [0.1, 0.15) is 18.7 Å². The molecular formula is C27H40N4O4S. The highest BCUT2D eigenvalue weighted by Gasteiger charge is 2.53. The summed E-state index contributed by atoms with van der Waals surface area (Å²) in [5.41, 5.74) is 1.10. The lowest BCUT2D eigenvalue weighted by Crippen LogP contribution is -2.57. The minimum Gasteiger partial charge on any atom is -0.369 e. The molecule has 0 aromatic heterocycles. The summed E-state index contributed by atoms with van der Waals surface area (Å²) in [7, 11) is 0. The first-order valence-electron chi connectivity index (χ1n) is 13.0. The average Bonchev–Trinajstić information content (AvgIpc) is 3.42. The van der Waals surface area contributed by atoms with Crippen molar-refractivity contribution in [2.75, 3.05) is 57.0 Å². The molecule has 4 rings (SSSR count). The summed E-state index contributed by atoms with van der Waals surface area (Å²) in [6, 6.07) is 6.32. The number of nitrogens with zero attached hydrogens (tertiary/aromatic N) is 3. The van der Waals surface area contributed by atoms with E-state index in [4.69, 9.17) is 4.74 Å².